The van der Waals surface area contributed by atoms with Gasteiger partial charge in [0.15, 0.2) is 5.75 Å². The fraction of sp³-hybridized carbons (Fsp3) is 0.235. The first-order chi connectivity index (χ1) is 11.1. The summed E-state index contributed by atoms with van der Waals surface area (Å²) in [5.41, 5.74) is 1.39. The lowest BCUT2D eigenvalue weighted by Crippen LogP contribution is -2.07. The summed E-state index contributed by atoms with van der Waals surface area (Å²) in [4.78, 5) is 23.7. The Bertz CT molecular complexity index is 813. The highest BCUT2D eigenvalue weighted by atomic mass is 16.6. The third-order valence-corrected chi connectivity index (χ3v) is 3.76. The van der Waals surface area contributed by atoms with Gasteiger partial charge in [0.2, 0.25) is 11.5 Å². The topological polar surface area (TPSA) is 78.7 Å². The van der Waals surface area contributed by atoms with E-state index < -0.39 is 4.92 Å². The van der Waals surface area contributed by atoms with Gasteiger partial charge in [0.1, 0.15) is 5.56 Å². The number of benzene rings is 2. The Hall–Kier alpha value is -2.89. The third-order valence-electron chi connectivity index (χ3n) is 3.76. The number of ketones is 1. The minimum atomic E-state index is -0.573. The van der Waals surface area contributed by atoms with Crippen LogP contribution < -0.4 is 9.47 Å². The van der Waals surface area contributed by atoms with E-state index in [4.69, 9.17) is 9.47 Å². The quantitative estimate of drug-likeness (QED) is 0.531. The second-order valence-corrected chi connectivity index (χ2v) is 5.16. The average molecular weight is 313 g/mol. The van der Waals surface area contributed by atoms with Crippen LogP contribution in [-0.2, 0) is 0 Å². The van der Waals surface area contributed by atoms with Crippen molar-refractivity contribution in [1.29, 1.82) is 0 Å². The Morgan fingerprint density at radius 1 is 1.17 bits per heavy atom. The van der Waals surface area contributed by atoms with Crippen molar-refractivity contribution in [2.24, 2.45) is 0 Å². The smallest absolute Gasteiger partial charge is 0.326 e. The van der Waals surface area contributed by atoms with Crippen molar-refractivity contribution in [2.45, 2.75) is 13.3 Å². The van der Waals surface area contributed by atoms with E-state index in [0.717, 1.165) is 0 Å². The van der Waals surface area contributed by atoms with Crippen molar-refractivity contribution in [1.82, 2.24) is 0 Å². The number of methoxy groups -OCH3 is 1. The first-order valence-corrected chi connectivity index (χ1v) is 7.26. The lowest BCUT2D eigenvalue weighted by Gasteiger charge is -2.13. The van der Waals surface area contributed by atoms with E-state index >= 15 is 0 Å². The molecular formula is C17H15NO5. The van der Waals surface area contributed by atoms with Crippen LogP contribution in [0.25, 0.3) is 11.1 Å². The minimum Gasteiger partial charge on any atom is -0.493 e. The van der Waals surface area contributed by atoms with Crippen molar-refractivity contribution in [3.05, 3.63) is 51.6 Å². The van der Waals surface area contributed by atoms with E-state index in [9.17, 15) is 14.9 Å². The molecule has 2 aromatic carbocycles. The summed E-state index contributed by atoms with van der Waals surface area (Å²) in [5, 5.41) is 11.6. The summed E-state index contributed by atoms with van der Waals surface area (Å²) < 4.78 is 10.8. The highest BCUT2D eigenvalue weighted by Gasteiger charge is 2.38. The molecule has 0 unspecified atom stereocenters. The summed E-state index contributed by atoms with van der Waals surface area (Å²) in [6.07, 6.45) is 0.686. The van der Waals surface area contributed by atoms with Gasteiger partial charge in [-0.1, -0.05) is 31.2 Å². The van der Waals surface area contributed by atoms with Gasteiger partial charge in [-0.15, -0.1) is 0 Å². The first-order valence-electron chi connectivity index (χ1n) is 7.26. The van der Waals surface area contributed by atoms with Crippen LogP contribution in [-0.4, -0.2) is 24.4 Å². The van der Waals surface area contributed by atoms with Gasteiger partial charge in [-0.25, -0.2) is 0 Å². The molecule has 0 N–H and O–H groups in total. The molecule has 6 heteroatoms. The lowest BCUT2D eigenvalue weighted by atomic mass is 10.0. The summed E-state index contributed by atoms with van der Waals surface area (Å²) >= 11 is 0. The summed E-state index contributed by atoms with van der Waals surface area (Å²) in [6, 6.07) is 8.60. The van der Waals surface area contributed by atoms with Gasteiger partial charge in [0.05, 0.1) is 18.6 Å². The monoisotopic (exact) mass is 313 g/mol. The molecule has 23 heavy (non-hydrogen) atoms. The van der Waals surface area contributed by atoms with Crippen LogP contribution in [0.2, 0.25) is 0 Å². The number of rotatable bonds is 5. The number of fused-ring (bicyclic) bond motifs is 3. The Balaban J connectivity index is 2.33. The molecule has 3 rings (SSSR count). The molecule has 1 aliphatic carbocycles. The molecule has 0 amide bonds. The number of ether oxygens (including phenoxy) is 2. The van der Waals surface area contributed by atoms with E-state index in [1.165, 1.54) is 7.11 Å². The molecule has 1 aliphatic rings. The van der Waals surface area contributed by atoms with Gasteiger partial charge in [-0.3, -0.25) is 14.9 Å². The number of hydrogen-bond donors (Lipinski definition) is 0. The maximum Gasteiger partial charge on any atom is 0.326 e. The molecule has 0 saturated carbocycles. The van der Waals surface area contributed by atoms with Crippen molar-refractivity contribution >= 4 is 11.5 Å². The fourth-order valence-electron chi connectivity index (χ4n) is 2.79. The molecule has 0 heterocycles. The van der Waals surface area contributed by atoms with E-state index in [2.05, 4.69) is 0 Å². The molecule has 0 spiro atoms. The number of carbonyl (C=O) groups is 1. The summed E-state index contributed by atoms with van der Waals surface area (Å²) in [6.45, 7) is 2.20. The Morgan fingerprint density at radius 3 is 2.48 bits per heavy atom. The van der Waals surface area contributed by atoms with Crippen LogP contribution >= 0.6 is 0 Å². The summed E-state index contributed by atoms with van der Waals surface area (Å²) in [7, 11) is 1.42. The second-order valence-electron chi connectivity index (χ2n) is 5.16. The van der Waals surface area contributed by atoms with E-state index in [0.29, 0.717) is 29.7 Å². The molecule has 0 fully saturated rings. The minimum absolute atomic E-state index is 0.0132. The normalized spacial score (nSPS) is 11.8. The average Bonchev–Trinajstić information content (AvgIpc) is 2.84. The fourth-order valence-corrected chi connectivity index (χ4v) is 2.79. The second kappa shape index (κ2) is 5.72. The van der Waals surface area contributed by atoms with Crippen molar-refractivity contribution < 1.29 is 19.2 Å². The zero-order valence-electron chi connectivity index (χ0n) is 12.8. The van der Waals surface area contributed by atoms with Crippen LogP contribution in [0.4, 0.5) is 5.69 Å². The van der Waals surface area contributed by atoms with E-state index in [-0.39, 0.29) is 28.5 Å². The van der Waals surface area contributed by atoms with Crippen LogP contribution in [0.5, 0.6) is 11.5 Å². The predicted molar refractivity (Wildman–Crippen MR) is 84.3 cm³/mol. The number of hydrogen-bond acceptors (Lipinski definition) is 5. The van der Waals surface area contributed by atoms with Gasteiger partial charge in [0.25, 0.3) is 0 Å². The largest absolute Gasteiger partial charge is 0.493 e. The van der Waals surface area contributed by atoms with E-state index in [1.807, 2.05) is 6.92 Å². The molecule has 0 bridgehead atoms. The van der Waals surface area contributed by atoms with Crippen molar-refractivity contribution in [3.8, 4) is 22.6 Å². The van der Waals surface area contributed by atoms with Crippen LogP contribution in [0.1, 0.15) is 29.3 Å². The van der Waals surface area contributed by atoms with Gasteiger partial charge in [-0.05, 0) is 18.1 Å². The zero-order chi connectivity index (χ0) is 16.6. The Labute approximate surface area is 132 Å². The molecule has 118 valence electrons. The zero-order valence-corrected chi connectivity index (χ0v) is 12.8. The number of carbonyl (C=O) groups excluding carboxylic acids is 1. The Morgan fingerprint density at radius 2 is 1.87 bits per heavy atom. The van der Waals surface area contributed by atoms with Crippen LogP contribution in [0, 0.1) is 10.1 Å². The van der Waals surface area contributed by atoms with Crippen LogP contribution in [0.15, 0.2) is 30.3 Å². The molecular weight excluding hydrogens is 298 g/mol. The molecule has 2 aromatic rings. The molecule has 0 saturated heterocycles. The number of nitrogens with zero attached hydrogens (tertiary/aromatic N) is 1. The molecule has 0 aromatic heterocycles. The maximum atomic E-state index is 12.6. The molecule has 0 aliphatic heterocycles. The lowest BCUT2D eigenvalue weighted by molar-refractivity contribution is -0.386. The van der Waals surface area contributed by atoms with Crippen molar-refractivity contribution in [3.63, 3.8) is 0 Å². The molecule has 0 radical (unpaired) electrons. The van der Waals surface area contributed by atoms with Gasteiger partial charge < -0.3 is 9.47 Å². The molecule has 0 atom stereocenters. The molecule has 6 nitrogen and oxygen atoms in total. The summed E-state index contributed by atoms with van der Waals surface area (Å²) in [5.74, 6) is -0.0843. The van der Waals surface area contributed by atoms with Crippen molar-refractivity contribution in [2.75, 3.05) is 13.7 Å². The third kappa shape index (κ3) is 2.23. The van der Waals surface area contributed by atoms with Gasteiger partial charge >= 0.3 is 5.69 Å². The SMILES string of the molecule is CCCOc1c(OC)cc2c(c1[N+](=O)[O-])C(=O)c1ccccc1-2. The maximum absolute atomic E-state index is 12.6. The highest BCUT2D eigenvalue weighted by molar-refractivity contribution is 6.24. The Kier molecular flexibility index (Phi) is 3.73. The number of nitro groups is 1. The standard InChI is InChI=1S/C17H15NO5/c1-3-8-23-17-13(22-2)9-12-10-6-4-5-7-11(10)16(19)14(12)15(17)18(20)21/h4-7,9H,3,8H2,1-2H3. The highest BCUT2D eigenvalue weighted by Crippen LogP contribution is 2.49. The van der Waals surface area contributed by atoms with Gasteiger partial charge in [0, 0.05) is 11.1 Å². The predicted octanol–water partition coefficient (Wildman–Crippen LogP) is 3.60. The number of nitro benzene ring substituents is 1. The van der Waals surface area contributed by atoms with E-state index in [1.54, 1.807) is 30.3 Å². The van der Waals surface area contributed by atoms with Crippen LogP contribution in [0.3, 0.4) is 0 Å². The first kappa shape index (κ1) is 15.0. The van der Waals surface area contributed by atoms with Gasteiger partial charge in [-0.2, -0.15) is 0 Å².